The Morgan fingerprint density at radius 3 is 1.64 bits per heavy atom. The van der Waals surface area contributed by atoms with E-state index >= 15 is 0 Å². The largest absolute Gasteiger partial charge is 0.397 e. The maximum absolute atomic E-state index is 13.0. The van der Waals surface area contributed by atoms with Gasteiger partial charge in [-0.1, -0.05) is 154 Å². The van der Waals surface area contributed by atoms with Crippen molar-refractivity contribution in [2.24, 2.45) is 0 Å². The van der Waals surface area contributed by atoms with E-state index in [0.717, 1.165) is 57.8 Å². The average Bonchev–Trinajstić information content (AvgIpc) is 3.15. The number of amides is 1. The minimum absolute atomic E-state index is 0.259. The van der Waals surface area contributed by atoms with E-state index in [4.69, 9.17) is 14.0 Å². The molecule has 0 aromatic heterocycles. The highest BCUT2D eigenvalue weighted by atomic mass is 32.3. The summed E-state index contributed by atoms with van der Waals surface area (Å²) in [5.41, 5.74) is 0. The lowest BCUT2D eigenvalue weighted by Gasteiger charge is -2.41. The van der Waals surface area contributed by atoms with Gasteiger partial charge in [0.25, 0.3) is 0 Å². The Balaban J connectivity index is 2.52. The summed E-state index contributed by atoms with van der Waals surface area (Å²) >= 11 is 0. The maximum Gasteiger partial charge on any atom is 0.397 e. The van der Waals surface area contributed by atoms with Crippen molar-refractivity contribution < 1.29 is 51.8 Å². The molecule has 324 valence electrons. The lowest BCUT2D eigenvalue weighted by atomic mass is 9.99. The molecule has 1 saturated heterocycles. The van der Waals surface area contributed by atoms with Gasteiger partial charge >= 0.3 is 10.4 Å². The van der Waals surface area contributed by atoms with Gasteiger partial charge < -0.3 is 35.2 Å². The van der Waals surface area contributed by atoms with Gasteiger partial charge in [-0.25, -0.2) is 4.18 Å². The van der Waals surface area contributed by atoms with Crippen LogP contribution in [0.3, 0.4) is 0 Å². The molecule has 1 aliphatic rings. The van der Waals surface area contributed by atoms with E-state index in [9.17, 15) is 33.6 Å². The van der Waals surface area contributed by atoms with Gasteiger partial charge in [0.15, 0.2) is 6.29 Å². The maximum atomic E-state index is 13.0. The fourth-order valence-electron chi connectivity index (χ4n) is 6.80. The van der Waals surface area contributed by atoms with E-state index in [1.807, 2.05) is 6.08 Å². The fourth-order valence-corrected chi connectivity index (χ4v) is 7.31. The summed E-state index contributed by atoms with van der Waals surface area (Å²) in [6.45, 7) is 3.34. The number of allylic oxidation sites excluding steroid dienone is 3. The zero-order chi connectivity index (χ0) is 40.6. The third kappa shape index (κ3) is 27.0. The number of hydrogen-bond acceptors (Lipinski definition) is 10. The van der Waals surface area contributed by atoms with E-state index in [0.29, 0.717) is 6.42 Å². The lowest BCUT2D eigenvalue weighted by Crippen LogP contribution is -2.61. The van der Waals surface area contributed by atoms with Crippen LogP contribution in [0.2, 0.25) is 0 Å². The minimum Gasteiger partial charge on any atom is -0.394 e. The number of hydrogen-bond donors (Lipinski definition) is 6. The first kappa shape index (κ1) is 51.6. The summed E-state index contributed by atoms with van der Waals surface area (Å²) in [4.78, 5) is 13.0. The van der Waals surface area contributed by atoms with Gasteiger partial charge in [-0.3, -0.25) is 9.35 Å². The molecule has 0 radical (unpaired) electrons. The smallest absolute Gasteiger partial charge is 0.394 e. The molecule has 0 aromatic rings. The summed E-state index contributed by atoms with van der Waals surface area (Å²) in [6, 6.07) is -0.944. The van der Waals surface area contributed by atoms with E-state index in [1.54, 1.807) is 6.08 Å². The van der Waals surface area contributed by atoms with Gasteiger partial charge in [0.05, 0.1) is 25.4 Å². The Labute approximate surface area is 333 Å². The van der Waals surface area contributed by atoms with Crippen molar-refractivity contribution in [1.29, 1.82) is 0 Å². The minimum atomic E-state index is -5.08. The SMILES string of the molecule is CCCCCCCCCC/C=C/C(O)C(COC1OC(CO)C(O)C(OS(=O)(=O)O)C1O)NC(=O)CCCCCCC/C=C\CCCCCCCCCCC. The van der Waals surface area contributed by atoms with Crippen molar-refractivity contribution in [3.05, 3.63) is 24.3 Å². The van der Waals surface area contributed by atoms with Gasteiger partial charge in [0.2, 0.25) is 5.91 Å². The van der Waals surface area contributed by atoms with Crippen LogP contribution in [0.15, 0.2) is 24.3 Å². The van der Waals surface area contributed by atoms with Crippen LogP contribution in [0.25, 0.3) is 0 Å². The summed E-state index contributed by atoms with van der Waals surface area (Å²) in [5, 5.41) is 44.5. The van der Waals surface area contributed by atoms with Gasteiger partial charge in [-0.15, -0.1) is 0 Å². The third-order valence-electron chi connectivity index (χ3n) is 10.2. The highest BCUT2D eigenvalue weighted by molar-refractivity contribution is 7.80. The molecule has 1 fully saturated rings. The Kier molecular flexibility index (Phi) is 31.5. The topological polar surface area (TPSA) is 192 Å². The summed E-state index contributed by atoms with van der Waals surface area (Å²) in [7, 11) is -5.08. The van der Waals surface area contributed by atoms with Crippen molar-refractivity contribution in [3.63, 3.8) is 0 Å². The average molecular weight is 806 g/mol. The molecular formula is C42H79NO11S. The number of carbonyl (C=O) groups is 1. The van der Waals surface area contributed by atoms with Crippen LogP contribution in [0, 0.1) is 0 Å². The molecule has 13 heteroatoms. The molecule has 1 rings (SSSR count). The summed E-state index contributed by atoms with van der Waals surface area (Å²) < 4.78 is 47.4. The monoisotopic (exact) mass is 806 g/mol. The first-order valence-electron chi connectivity index (χ1n) is 21.7. The normalized spacial score (nSPS) is 21.8. The quantitative estimate of drug-likeness (QED) is 0.0206. The van der Waals surface area contributed by atoms with Crippen molar-refractivity contribution in [2.75, 3.05) is 13.2 Å². The predicted molar refractivity (Wildman–Crippen MR) is 218 cm³/mol. The summed E-state index contributed by atoms with van der Waals surface area (Å²) in [5.74, 6) is -0.273. The van der Waals surface area contributed by atoms with Crippen LogP contribution >= 0.6 is 0 Å². The first-order valence-corrected chi connectivity index (χ1v) is 23.1. The standard InChI is InChI=1S/C42H79NO11S/c1-3-5-7-9-11-13-15-16-17-18-19-20-21-22-24-26-28-30-32-38(46)43-35(36(45)31-29-27-25-23-14-12-10-8-6-4-2)34-52-42-40(48)41(54-55(49,50)51)39(47)37(33-44)53-42/h19-20,29,31,35-37,39-42,44-45,47-48H,3-18,21-28,30,32-34H2,1-2H3,(H,43,46)(H,49,50,51)/b20-19-,31-29+. The van der Waals surface area contributed by atoms with Gasteiger partial charge in [-0.05, 0) is 44.9 Å². The van der Waals surface area contributed by atoms with Crippen LogP contribution in [0.1, 0.15) is 181 Å². The molecule has 1 heterocycles. The molecule has 12 nitrogen and oxygen atoms in total. The Bertz CT molecular complexity index is 1090. The molecule has 0 spiro atoms. The predicted octanol–water partition coefficient (Wildman–Crippen LogP) is 7.77. The number of aliphatic hydroxyl groups is 4. The van der Waals surface area contributed by atoms with Crippen molar-refractivity contribution in [2.45, 2.75) is 224 Å². The van der Waals surface area contributed by atoms with Crippen molar-refractivity contribution >= 4 is 16.3 Å². The van der Waals surface area contributed by atoms with Crippen molar-refractivity contribution in [3.8, 4) is 0 Å². The molecular weight excluding hydrogens is 727 g/mol. The van der Waals surface area contributed by atoms with Crippen LogP contribution in [-0.2, 0) is 28.9 Å². The first-order chi connectivity index (χ1) is 26.5. The van der Waals surface area contributed by atoms with Gasteiger partial charge in [0.1, 0.15) is 24.4 Å². The molecule has 0 aliphatic carbocycles. The zero-order valence-corrected chi connectivity index (χ0v) is 35.1. The van der Waals surface area contributed by atoms with Crippen molar-refractivity contribution in [1.82, 2.24) is 5.32 Å². The van der Waals surface area contributed by atoms with E-state index in [-0.39, 0.29) is 18.9 Å². The van der Waals surface area contributed by atoms with Crippen LogP contribution in [0.4, 0.5) is 0 Å². The second-order valence-electron chi connectivity index (χ2n) is 15.3. The van der Waals surface area contributed by atoms with Gasteiger partial charge in [-0.2, -0.15) is 8.42 Å². The number of aliphatic hydroxyl groups excluding tert-OH is 4. The fraction of sp³-hybridized carbons (Fsp3) is 0.881. The van der Waals surface area contributed by atoms with Crippen LogP contribution in [-0.4, -0.2) is 95.4 Å². The number of nitrogens with one attached hydrogen (secondary N) is 1. The molecule has 0 saturated carbocycles. The van der Waals surface area contributed by atoms with E-state index in [1.165, 1.54) is 96.3 Å². The van der Waals surface area contributed by atoms with Crippen LogP contribution in [0.5, 0.6) is 0 Å². The summed E-state index contributed by atoms with van der Waals surface area (Å²) in [6.07, 6.45) is 28.0. The van der Waals surface area contributed by atoms with Gasteiger partial charge in [0, 0.05) is 6.42 Å². The number of carbonyl (C=O) groups excluding carboxylic acids is 1. The Hall–Kier alpha value is -1.42. The zero-order valence-electron chi connectivity index (χ0n) is 34.2. The van der Waals surface area contributed by atoms with E-state index in [2.05, 4.69) is 35.5 Å². The Morgan fingerprint density at radius 2 is 1.16 bits per heavy atom. The number of rotatable bonds is 36. The molecule has 55 heavy (non-hydrogen) atoms. The molecule has 0 aromatic carbocycles. The molecule has 0 bridgehead atoms. The number of unbranched alkanes of at least 4 members (excludes halogenated alkanes) is 22. The highest BCUT2D eigenvalue weighted by Crippen LogP contribution is 2.26. The van der Waals surface area contributed by atoms with Crippen LogP contribution < -0.4 is 5.32 Å². The second-order valence-corrected chi connectivity index (χ2v) is 16.3. The molecule has 7 atom stereocenters. The molecule has 1 amide bonds. The molecule has 1 aliphatic heterocycles. The third-order valence-corrected chi connectivity index (χ3v) is 10.7. The Morgan fingerprint density at radius 1 is 0.709 bits per heavy atom. The molecule has 6 N–H and O–H groups in total. The molecule has 7 unspecified atom stereocenters. The second kappa shape index (κ2) is 33.5. The number of ether oxygens (including phenoxy) is 2. The highest BCUT2D eigenvalue weighted by Gasteiger charge is 2.48. The lowest BCUT2D eigenvalue weighted by molar-refractivity contribution is -0.298. The van der Waals surface area contributed by atoms with E-state index < -0.39 is 59.9 Å².